The van der Waals surface area contributed by atoms with Crippen molar-refractivity contribution < 1.29 is 4.21 Å². The Labute approximate surface area is 186 Å². The molecule has 0 saturated carbocycles. The van der Waals surface area contributed by atoms with Crippen molar-refractivity contribution >= 4 is 26.6 Å². The number of benzene rings is 1. The normalized spacial score (nSPS) is 15.5. The lowest BCUT2D eigenvalue weighted by atomic mass is 10.2. The van der Waals surface area contributed by atoms with E-state index in [2.05, 4.69) is 26.9 Å². The first-order chi connectivity index (χ1) is 15.4. The molecule has 0 bridgehead atoms. The van der Waals surface area contributed by atoms with Crippen LogP contribution in [-0.4, -0.2) is 58.1 Å². The maximum atomic E-state index is 12.1. The van der Waals surface area contributed by atoms with Crippen LogP contribution in [0.1, 0.15) is 11.6 Å². The highest BCUT2D eigenvalue weighted by Crippen LogP contribution is 2.25. The molecule has 0 atom stereocenters. The summed E-state index contributed by atoms with van der Waals surface area (Å²) in [6.07, 6.45) is 3.68. The Kier molecular flexibility index (Phi) is 4.90. The van der Waals surface area contributed by atoms with Crippen LogP contribution in [-0.2, 0) is 23.8 Å². The largest absolute Gasteiger partial charge is 0.354 e. The fourth-order valence-electron chi connectivity index (χ4n) is 3.69. The average molecular weight is 447 g/mol. The Bertz CT molecular complexity index is 1460. The summed E-state index contributed by atoms with van der Waals surface area (Å²) in [5.74, 6) is 8.51. The van der Waals surface area contributed by atoms with Gasteiger partial charge in [0.15, 0.2) is 11.5 Å². The van der Waals surface area contributed by atoms with Crippen LogP contribution in [0.25, 0.3) is 22.3 Å². The molecule has 1 saturated heterocycles. The molecule has 162 valence electrons. The van der Waals surface area contributed by atoms with E-state index in [9.17, 15) is 4.21 Å². The molecule has 9 nitrogen and oxygen atoms in total. The SMILES string of the molecule is Cn1cc(-c2ccccc2)nc1C#Cc1nc(N2CCS(=N)(=O)CC2)c2cnn(C)c2n1. The lowest BCUT2D eigenvalue weighted by molar-refractivity contribution is 0.663. The number of fused-ring (bicyclic) bond motifs is 1. The van der Waals surface area contributed by atoms with Gasteiger partial charge in [-0.2, -0.15) is 5.10 Å². The maximum Gasteiger partial charge on any atom is 0.209 e. The van der Waals surface area contributed by atoms with Crippen molar-refractivity contribution in [1.82, 2.24) is 29.3 Å². The molecule has 10 heteroatoms. The second-order valence-electron chi connectivity index (χ2n) is 7.76. The number of hydrogen-bond acceptors (Lipinski definition) is 7. The maximum absolute atomic E-state index is 12.1. The first-order valence-electron chi connectivity index (χ1n) is 10.2. The minimum absolute atomic E-state index is 0.329. The third kappa shape index (κ3) is 3.83. The van der Waals surface area contributed by atoms with Crippen LogP contribution in [0.5, 0.6) is 0 Å². The topological polar surface area (TPSA) is 106 Å². The monoisotopic (exact) mass is 446 g/mol. The average Bonchev–Trinajstić information content (AvgIpc) is 3.35. The highest BCUT2D eigenvalue weighted by Gasteiger charge is 2.23. The molecular formula is C22H22N8OS. The van der Waals surface area contributed by atoms with Gasteiger partial charge in [0, 0.05) is 60.2 Å². The third-order valence-corrected chi connectivity index (χ3v) is 7.17. The van der Waals surface area contributed by atoms with Crippen LogP contribution in [0.3, 0.4) is 0 Å². The summed E-state index contributed by atoms with van der Waals surface area (Å²) in [5.41, 5.74) is 2.57. The minimum atomic E-state index is -2.50. The van der Waals surface area contributed by atoms with Crippen molar-refractivity contribution in [2.75, 3.05) is 29.5 Å². The third-order valence-electron chi connectivity index (χ3n) is 5.49. The Morgan fingerprint density at radius 1 is 1.03 bits per heavy atom. The number of anilines is 1. The van der Waals surface area contributed by atoms with Crippen molar-refractivity contribution in [2.45, 2.75) is 0 Å². The van der Waals surface area contributed by atoms with Gasteiger partial charge in [0.1, 0.15) is 5.82 Å². The zero-order valence-electron chi connectivity index (χ0n) is 17.8. The number of imidazole rings is 1. The molecule has 0 radical (unpaired) electrons. The number of rotatable bonds is 2. The van der Waals surface area contributed by atoms with E-state index in [0.717, 1.165) is 16.6 Å². The van der Waals surface area contributed by atoms with Crippen molar-refractivity contribution in [2.24, 2.45) is 14.1 Å². The van der Waals surface area contributed by atoms with Crippen LogP contribution in [0.2, 0.25) is 0 Å². The zero-order chi connectivity index (χ0) is 22.3. The van der Waals surface area contributed by atoms with E-state index in [0.29, 0.717) is 47.7 Å². The Balaban J connectivity index is 1.52. The molecule has 0 spiro atoms. The molecule has 1 aliphatic heterocycles. The van der Waals surface area contributed by atoms with E-state index in [1.165, 1.54) is 0 Å². The van der Waals surface area contributed by atoms with Gasteiger partial charge in [-0.1, -0.05) is 30.3 Å². The number of aryl methyl sites for hydroxylation is 2. The highest BCUT2D eigenvalue weighted by molar-refractivity contribution is 7.92. The van der Waals surface area contributed by atoms with Gasteiger partial charge in [0.25, 0.3) is 0 Å². The summed E-state index contributed by atoms with van der Waals surface area (Å²) in [4.78, 5) is 16.0. The second kappa shape index (κ2) is 7.76. The molecule has 0 amide bonds. The molecule has 0 unspecified atom stereocenters. The predicted octanol–water partition coefficient (Wildman–Crippen LogP) is 2.03. The van der Waals surface area contributed by atoms with E-state index in [-0.39, 0.29) is 0 Å². The molecule has 4 aromatic rings. The molecule has 32 heavy (non-hydrogen) atoms. The summed E-state index contributed by atoms with van der Waals surface area (Å²) >= 11 is 0. The van der Waals surface area contributed by atoms with E-state index in [4.69, 9.17) is 9.76 Å². The lowest BCUT2D eigenvalue weighted by Gasteiger charge is -2.29. The van der Waals surface area contributed by atoms with E-state index in [1.807, 2.05) is 60.1 Å². The van der Waals surface area contributed by atoms with Gasteiger partial charge in [0.2, 0.25) is 5.82 Å². The van der Waals surface area contributed by atoms with Gasteiger partial charge >= 0.3 is 0 Å². The van der Waals surface area contributed by atoms with Crippen molar-refractivity contribution in [3.63, 3.8) is 0 Å². The smallest absolute Gasteiger partial charge is 0.209 e. The molecule has 1 aliphatic rings. The Morgan fingerprint density at radius 2 is 1.78 bits per heavy atom. The van der Waals surface area contributed by atoms with Gasteiger partial charge in [-0.3, -0.25) is 9.46 Å². The summed E-state index contributed by atoms with van der Waals surface area (Å²) in [7, 11) is 1.24. The van der Waals surface area contributed by atoms with E-state index in [1.54, 1.807) is 10.9 Å². The van der Waals surface area contributed by atoms with Gasteiger partial charge in [-0.05, 0) is 11.8 Å². The van der Waals surface area contributed by atoms with Crippen LogP contribution in [0.15, 0.2) is 42.7 Å². The van der Waals surface area contributed by atoms with Crippen molar-refractivity contribution in [3.8, 4) is 23.1 Å². The van der Waals surface area contributed by atoms with E-state index >= 15 is 0 Å². The number of nitrogens with zero attached hydrogens (tertiary/aromatic N) is 7. The summed E-state index contributed by atoms with van der Waals surface area (Å²) < 4.78 is 23.5. The second-order valence-corrected chi connectivity index (χ2v) is 10.2. The highest BCUT2D eigenvalue weighted by atomic mass is 32.2. The number of aromatic nitrogens is 6. The first-order valence-corrected chi connectivity index (χ1v) is 12.1. The van der Waals surface area contributed by atoms with Crippen molar-refractivity contribution in [1.29, 1.82) is 4.78 Å². The van der Waals surface area contributed by atoms with Crippen LogP contribution < -0.4 is 4.90 Å². The Morgan fingerprint density at radius 3 is 2.53 bits per heavy atom. The molecular weight excluding hydrogens is 424 g/mol. The summed E-state index contributed by atoms with van der Waals surface area (Å²) in [5, 5.41) is 5.14. The van der Waals surface area contributed by atoms with Gasteiger partial charge in [-0.15, -0.1) is 0 Å². The fourth-order valence-corrected chi connectivity index (χ4v) is 4.92. The number of nitrogens with one attached hydrogen (secondary N) is 1. The first kappa shape index (κ1) is 20.2. The van der Waals surface area contributed by atoms with Gasteiger partial charge < -0.3 is 9.47 Å². The zero-order valence-corrected chi connectivity index (χ0v) is 18.6. The van der Waals surface area contributed by atoms with Crippen LogP contribution >= 0.6 is 0 Å². The Hall–Kier alpha value is -3.71. The molecule has 0 aliphatic carbocycles. The van der Waals surface area contributed by atoms with Gasteiger partial charge in [0.05, 0.1) is 17.3 Å². The molecule has 1 aromatic carbocycles. The minimum Gasteiger partial charge on any atom is -0.354 e. The molecule has 1 fully saturated rings. The fraction of sp³-hybridized carbons (Fsp3) is 0.273. The lowest BCUT2D eigenvalue weighted by Crippen LogP contribution is -2.40. The molecule has 5 rings (SSSR count). The van der Waals surface area contributed by atoms with Crippen LogP contribution in [0, 0.1) is 16.6 Å². The van der Waals surface area contributed by atoms with Crippen LogP contribution in [0.4, 0.5) is 5.82 Å². The summed E-state index contributed by atoms with van der Waals surface area (Å²) in [6.45, 7) is 1.02. The van der Waals surface area contributed by atoms with Gasteiger partial charge in [-0.25, -0.2) is 19.2 Å². The van der Waals surface area contributed by atoms with E-state index < -0.39 is 9.73 Å². The summed E-state index contributed by atoms with van der Waals surface area (Å²) in [6, 6.07) is 9.96. The number of hydrogen-bond donors (Lipinski definition) is 1. The predicted molar refractivity (Wildman–Crippen MR) is 124 cm³/mol. The standard InChI is InChI=1S/C22H22N8OS/c1-28-15-18(16-6-4-3-5-7-16)25-20(28)9-8-19-26-21-17(14-24-29(21)2)22(27-19)30-10-12-32(23,31)13-11-30/h3-7,14-15,23H,10-13H2,1-2H3. The molecule has 4 heterocycles. The molecule has 1 N–H and O–H groups in total. The van der Waals surface area contributed by atoms with Crippen molar-refractivity contribution in [3.05, 3.63) is 54.4 Å². The quantitative estimate of drug-likeness (QED) is 0.473. The molecule has 3 aromatic heterocycles.